The molecule has 0 radical (unpaired) electrons. The number of hydrogen-bond donors (Lipinski definition) is 1. The molecule has 4 nitrogen and oxygen atoms in total. The number of imidazole rings is 1. The molecule has 1 N–H and O–H groups in total. The molecular weight excluding hydrogens is 854 g/mol. The Bertz CT molecular complexity index is 2450. The molecule has 0 aliphatic heterocycles. The first-order valence-electron chi connectivity index (χ1n) is 19.2. The third-order valence-electron chi connectivity index (χ3n) is 10.5. The molecule has 0 aliphatic rings. The summed E-state index contributed by atoms with van der Waals surface area (Å²) in [6.45, 7) is 22.5. The Morgan fingerprint density at radius 1 is 0.618 bits per heavy atom. The van der Waals surface area contributed by atoms with Crippen molar-refractivity contribution in [2.24, 2.45) is 0 Å². The summed E-state index contributed by atoms with van der Waals surface area (Å²) >= 11 is 0. The van der Waals surface area contributed by atoms with Crippen LogP contribution in [0, 0.1) is 6.07 Å². The van der Waals surface area contributed by atoms with Crippen molar-refractivity contribution >= 4 is 11.0 Å². The Morgan fingerprint density at radius 2 is 1.24 bits per heavy atom. The number of benzene rings is 5. The molecule has 0 atom stereocenters. The number of rotatable bonds is 7. The SMILES string of the molecule is CC(C)c1cccc(C(C)C)c1-n1c(-c2ccccc2O)nc2c(-c3[c-]c(-c4cc(C(C)(C)C)ccn4)cc(-c4ccccc4)c3)cc(C(C)(C)C)cc21.[Pt]. The van der Waals surface area contributed by atoms with Crippen molar-refractivity contribution in [2.45, 2.75) is 91.9 Å². The van der Waals surface area contributed by atoms with Gasteiger partial charge in [0.15, 0.2) is 0 Å². The molecule has 0 saturated heterocycles. The predicted molar refractivity (Wildman–Crippen MR) is 227 cm³/mol. The third-order valence-corrected chi connectivity index (χ3v) is 10.5. The van der Waals surface area contributed by atoms with Gasteiger partial charge in [-0.3, -0.25) is 9.55 Å². The fourth-order valence-corrected chi connectivity index (χ4v) is 7.35. The van der Waals surface area contributed by atoms with Gasteiger partial charge in [0.25, 0.3) is 0 Å². The van der Waals surface area contributed by atoms with E-state index in [1.165, 1.54) is 22.3 Å². The Morgan fingerprint density at radius 3 is 1.85 bits per heavy atom. The van der Waals surface area contributed by atoms with Crippen LogP contribution >= 0.6 is 0 Å². The molecule has 284 valence electrons. The van der Waals surface area contributed by atoms with Gasteiger partial charge in [0.1, 0.15) is 11.6 Å². The Balaban J connectivity index is 0.00000514. The number of pyridine rings is 1. The van der Waals surface area contributed by atoms with Crippen LogP contribution in [0.4, 0.5) is 0 Å². The van der Waals surface area contributed by atoms with E-state index in [9.17, 15) is 5.11 Å². The monoisotopic (exact) mass is 905 g/mol. The van der Waals surface area contributed by atoms with E-state index in [4.69, 9.17) is 9.97 Å². The number of para-hydroxylation sites is 2. The van der Waals surface area contributed by atoms with Crippen LogP contribution in [0.2, 0.25) is 0 Å². The zero-order valence-corrected chi connectivity index (χ0v) is 36.0. The molecule has 5 heteroatoms. The second kappa shape index (κ2) is 15.4. The van der Waals surface area contributed by atoms with Crippen LogP contribution in [0.15, 0.2) is 115 Å². The van der Waals surface area contributed by atoms with Crippen LogP contribution in [0.5, 0.6) is 5.75 Å². The number of fused-ring (bicyclic) bond motifs is 1. The van der Waals surface area contributed by atoms with Gasteiger partial charge in [-0.15, -0.1) is 23.8 Å². The summed E-state index contributed by atoms with van der Waals surface area (Å²) in [5.41, 5.74) is 14.3. The van der Waals surface area contributed by atoms with E-state index in [2.05, 4.69) is 165 Å². The number of aromatic nitrogens is 3. The van der Waals surface area contributed by atoms with Gasteiger partial charge < -0.3 is 5.11 Å². The van der Waals surface area contributed by atoms with Crippen LogP contribution in [-0.4, -0.2) is 19.6 Å². The van der Waals surface area contributed by atoms with E-state index >= 15 is 0 Å². The third kappa shape index (κ3) is 7.85. The Kier molecular flexibility index (Phi) is 11.2. The average Bonchev–Trinajstić information content (AvgIpc) is 3.52. The number of phenols is 1. The zero-order valence-electron chi connectivity index (χ0n) is 33.7. The van der Waals surface area contributed by atoms with Crippen LogP contribution in [0.25, 0.3) is 61.6 Å². The second-order valence-electron chi connectivity index (χ2n) is 17.3. The van der Waals surface area contributed by atoms with Crippen molar-refractivity contribution in [1.82, 2.24) is 14.5 Å². The Labute approximate surface area is 342 Å². The fraction of sp³-hybridized carbons (Fsp3) is 0.280. The first kappa shape index (κ1) is 39.9. The van der Waals surface area contributed by atoms with Crippen LogP contribution in [0.3, 0.4) is 0 Å². The smallest absolute Gasteiger partial charge is 0.148 e. The quantitative estimate of drug-likeness (QED) is 0.162. The standard InChI is InChI=1S/C50H52N3O.Pt/c1-31(2)39-20-16-21-40(32(3)4)47(39)53-44-30-38(50(8,9)10)28-42(46(44)52-48(53)41-19-14-15-22-45(41)54)35-25-34(33-17-12-11-13-18-33)26-36(27-35)43-29-37(23-24-51-43)49(5,6)7;/h11-26,28-32,54H,1-10H3;/q-1;. The van der Waals surface area contributed by atoms with Gasteiger partial charge in [0.05, 0.1) is 22.3 Å². The molecule has 0 saturated carbocycles. The van der Waals surface area contributed by atoms with Crippen molar-refractivity contribution in [1.29, 1.82) is 0 Å². The summed E-state index contributed by atoms with van der Waals surface area (Å²) in [5, 5.41) is 11.4. The van der Waals surface area contributed by atoms with Gasteiger partial charge in [0, 0.05) is 33.0 Å². The minimum atomic E-state index is -0.173. The van der Waals surface area contributed by atoms with Gasteiger partial charge in [0.2, 0.25) is 0 Å². The molecule has 55 heavy (non-hydrogen) atoms. The average molecular weight is 906 g/mol. The molecule has 0 fully saturated rings. The van der Waals surface area contributed by atoms with Crippen molar-refractivity contribution in [3.63, 3.8) is 0 Å². The molecule has 0 bridgehead atoms. The largest absolute Gasteiger partial charge is 0.507 e. The summed E-state index contributed by atoms with van der Waals surface area (Å²) in [5.74, 6) is 1.43. The van der Waals surface area contributed by atoms with Gasteiger partial charge in [-0.1, -0.05) is 159 Å². The normalized spacial score (nSPS) is 12.1. The molecule has 7 rings (SSSR count). The molecule has 7 aromatic rings. The van der Waals surface area contributed by atoms with E-state index in [1.807, 2.05) is 24.4 Å². The van der Waals surface area contributed by atoms with E-state index in [-0.39, 0.29) is 49.5 Å². The van der Waals surface area contributed by atoms with Crippen LogP contribution in [-0.2, 0) is 31.9 Å². The fourth-order valence-electron chi connectivity index (χ4n) is 7.35. The molecule has 0 amide bonds. The molecule has 2 aromatic heterocycles. The van der Waals surface area contributed by atoms with Gasteiger partial charge in [-0.05, 0) is 74.7 Å². The molecule has 0 spiro atoms. The van der Waals surface area contributed by atoms with Crippen molar-refractivity contribution in [3.8, 4) is 56.3 Å². The van der Waals surface area contributed by atoms with Crippen molar-refractivity contribution in [3.05, 3.63) is 144 Å². The Hall–Kier alpha value is -4.79. The van der Waals surface area contributed by atoms with Crippen molar-refractivity contribution in [2.75, 3.05) is 0 Å². The molecule has 2 heterocycles. The summed E-state index contributed by atoms with van der Waals surface area (Å²) in [7, 11) is 0. The predicted octanol–water partition coefficient (Wildman–Crippen LogP) is 13.4. The molecule has 0 aliphatic carbocycles. The van der Waals surface area contributed by atoms with E-state index < -0.39 is 0 Å². The number of phenolic OH excluding ortho intramolecular Hbond substituents is 1. The molecule has 0 unspecified atom stereocenters. The first-order valence-corrected chi connectivity index (χ1v) is 19.2. The van der Waals surface area contributed by atoms with Crippen molar-refractivity contribution < 1.29 is 26.2 Å². The van der Waals surface area contributed by atoms with Gasteiger partial charge in [-0.2, -0.15) is 0 Å². The summed E-state index contributed by atoms with van der Waals surface area (Å²) in [6.07, 6.45) is 1.91. The number of aromatic hydroxyl groups is 1. The maximum Gasteiger partial charge on any atom is 0.148 e. The first-order chi connectivity index (χ1) is 25.6. The summed E-state index contributed by atoms with van der Waals surface area (Å²) in [4.78, 5) is 10.4. The van der Waals surface area contributed by atoms with Crippen LogP contribution in [0.1, 0.15) is 103 Å². The van der Waals surface area contributed by atoms with Crippen LogP contribution < -0.4 is 0 Å². The maximum atomic E-state index is 11.4. The minimum Gasteiger partial charge on any atom is -0.507 e. The van der Waals surface area contributed by atoms with E-state index in [0.717, 1.165) is 50.2 Å². The topological polar surface area (TPSA) is 50.9 Å². The van der Waals surface area contributed by atoms with Gasteiger partial charge >= 0.3 is 0 Å². The van der Waals surface area contributed by atoms with Gasteiger partial charge in [-0.25, -0.2) is 4.98 Å². The number of hydrogen-bond acceptors (Lipinski definition) is 3. The van der Waals surface area contributed by atoms with E-state index in [1.54, 1.807) is 6.07 Å². The maximum absolute atomic E-state index is 11.4. The summed E-state index contributed by atoms with van der Waals surface area (Å²) in [6, 6.07) is 42.0. The molecule has 5 aromatic carbocycles. The summed E-state index contributed by atoms with van der Waals surface area (Å²) < 4.78 is 2.32. The zero-order chi connectivity index (χ0) is 38.5. The number of nitrogens with zero attached hydrogens (tertiary/aromatic N) is 3. The molecular formula is C50H52N3OPt-. The second-order valence-corrected chi connectivity index (χ2v) is 17.3. The van der Waals surface area contributed by atoms with E-state index in [0.29, 0.717) is 11.4 Å². The minimum absolute atomic E-state index is 0.